The number of urea groups is 1. The van der Waals surface area contributed by atoms with Gasteiger partial charge in [-0.15, -0.1) is 0 Å². The number of anilines is 3. The number of carbonyl (C=O) groups is 2. The largest absolute Gasteiger partial charge is 0.339 e. The molecule has 0 bridgehead atoms. The third-order valence-corrected chi connectivity index (χ3v) is 4.91. The minimum Gasteiger partial charge on any atom is -0.339 e. The Bertz CT molecular complexity index is 891. The Labute approximate surface area is 161 Å². The van der Waals surface area contributed by atoms with Crippen LogP contribution in [0.15, 0.2) is 30.6 Å². The highest BCUT2D eigenvalue weighted by molar-refractivity contribution is 6.01. The molecule has 1 aromatic heterocycles. The number of piperidine rings is 1. The lowest BCUT2D eigenvalue weighted by Crippen LogP contribution is -2.49. The molecule has 28 heavy (non-hydrogen) atoms. The van der Waals surface area contributed by atoms with Crippen molar-refractivity contribution in [1.82, 2.24) is 15.3 Å². The van der Waals surface area contributed by atoms with Gasteiger partial charge in [-0.25, -0.2) is 19.2 Å². The van der Waals surface area contributed by atoms with Crippen LogP contribution in [0.3, 0.4) is 0 Å². The maximum atomic E-state index is 13.9. The first kappa shape index (κ1) is 18.1. The molecule has 8 nitrogen and oxygen atoms in total. The lowest BCUT2D eigenvalue weighted by atomic mass is 10.0. The maximum absolute atomic E-state index is 13.9. The SMILES string of the molecule is O=C1CCc2cc(F)cc(NC(=O)NC3CCCN(c4ncccn4)C3)c2N1. The van der Waals surface area contributed by atoms with E-state index in [0.717, 1.165) is 19.4 Å². The van der Waals surface area contributed by atoms with Gasteiger partial charge in [-0.3, -0.25) is 4.79 Å². The van der Waals surface area contributed by atoms with E-state index in [0.29, 0.717) is 36.6 Å². The van der Waals surface area contributed by atoms with Gasteiger partial charge in [-0.1, -0.05) is 0 Å². The number of nitrogens with one attached hydrogen (secondary N) is 3. The molecular weight excluding hydrogens is 363 g/mol. The lowest BCUT2D eigenvalue weighted by molar-refractivity contribution is -0.116. The molecular formula is C19H21FN6O2. The van der Waals surface area contributed by atoms with E-state index in [1.165, 1.54) is 12.1 Å². The van der Waals surface area contributed by atoms with Crippen molar-refractivity contribution in [3.8, 4) is 0 Å². The summed E-state index contributed by atoms with van der Waals surface area (Å²) in [6, 6.07) is 3.84. The van der Waals surface area contributed by atoms with E-state index in [9.17, 15) is 14.0 Å². The van der Waals surface area contributed by atoms with Crippen LogP contribution < -0.4 is 20.9 Å². The highest BCUT2D eigenvalue weighted by Gasteiger charge is 2.24. The minimum atomic E-state index is -0.449. The number of carbonyl (C=O) groups excluding carboxylic acids is 2. The van der Waals surface area contributed by atoms with Crippen LogP contribution in [0.2, 0.25) is 0 Å². The number of fused-ring (bicyclic) bond motifs is 1. The molecule has 9 heteroatoms. The van der Waals surface area contributed by atoms with Gasteiger partial charge in [0.05, 0.1) is 11.4 Å². The number of hydrogen-bond donors (Lipinski definition) is 3. The van der Waals surface area contributed by atoms with Crippen LogP contribution in [0.1, 0.15) is 24.8 Å². The maximum Gasteiger partial charge on any atom is 0.319 e. The molecule has 2 aromatic rings. The summed E-state index contributed by atoms with van der Waals surface area (Å²) in [5.74, 6) is 0.0416. The fourth-order valence-electron chi connectivity index (χ4n) is 3.63. The summed E-state index contributed by atoms with van der Waals surface area (Å²) in [5.41, 5.74) is 1.41. The molecule has 3 N–H and O–H groups in total. The summed E-state index contributed by atoms with van der Waals surface area (Å²) in [6.45, 7) is 1.42. The molecule has 0 saturated carbocycles. The Balaban J connectivity index is 1.42. The average Bonchev–Trinajstić information content (AvgIpc) is 2.69. The quantitative estimate of drug-likeness (QED) is 0.754. The van der Waals surface area contributed by atoms with E-state index in [4.69, 9.17) is 0 Å². The monoisotopic (exact) mass is 384 g/mol. The van der Waals surface area contributed by atoms with Crippen LogP contribution in [-0.2, 0) is 11.2 Å². The molecule has 0 aliphatic carbocycles. The predicted molar refractivity (Wildman–Crippen MR) is 103 cm³/mol. The van der Waals surface area contributed by atoms with Gasteiger partial charge in [0.25, 0.3) is 0 Å². The Kier molecular flexibility index (Phi) is 5.05. The van der Waals surface area contributed by atoms with E-state index in [1.54, 1.807) is 18.5 Å². The second-order valence-electron chi connectivity index (χ2n) is 6.97. The van der Waals surface area contributed by atoms with Crippen LogP contribution in [0, 0.1) is 5.82 Å². The lowest BCUT2D eigenvalue weighted by Gasteiger charge is -2.33. The van der Waals surface area contributed by atoms with Gasteiger partial charge in [-0.2, -0.15) is 0 Å². The van der Waals surface area contributed by atoms with Crippen molar-refractivity contribution in [2.45, 2.75) is 31.7 Å². The molecule has 3 amide bonds. The van der Waals surface area contributed by atoms with Crippen molar-refractivity contribution in [1.29, 1.82) is 0 Å². The molecule has 0 radical (unpaired) electrons. The van der Waals surface area contributed by atoms with Gasteiger partial charge in [0.15, 0.2) is 0 Å². The first-order chi connectivity index (χ1) is 13.6. The fraction of sp³-hybridized carbons (Fsp3) is 0.368. The van der Waals surface area contributed by atoms with Crippen LogP contribution >= 0.6 is 0 Å². The molecule has 1 saturated heterocycles. The zero-order valence-electron chi connectivity index (χ0n) is 15.2. The molecule has 4 rings (SSSR count). The van der Waals surface area contributed by atoms with Gasteiger partial charge < -0.3 is 20.9 Å². The van der Waals surface area contributed by atoms with Gasteiger partial charge in [0.1, 0.15) is 5.82 Å². The molecule has 146 valence electrons. The number of rotatable bonds is 3. The fourth-order valence-corrected chi connectivity index (χ4v) is 3.63. The molecule has 2 aliphatic heterocycles. The zero-order valence-corrected chi connectivity index (χ0v) is 15.2. The van der Waals surface area contributed by atoms with Crippen molar-refractivity contribution < 1.29 is 14.0 Å². The van der Waals surface area contributed by atoms with Crippen molar-refractivity contribution >= 4 is 29.3 Å². The number of amides is 3. The zero-order chi connectivity index (χ0) is 19.5. The first-order valence-corrected chi connectivity index (χ1v) is 9.30. The molecule has 1 unspecified atom stereocenters. The van der Waals surface area contributed by atoms with Crippen LogP contribution in [0.25, 0.3) is 0 Å². The Morgan fingerprint density at radius 1 is 1.25 bits per heavy atom. The van der Waals surface area contributed by atoms with Crippen LogP contribution in [-0.4, -0.2) is 41.0 Å². The van der Waals surface area contributed by atoms with E-state index >= 15 is 0 Å². The molecule has 2 aliphatic rings. The summed E-state index contributed by atoms with van der Waals surface area (Å²) in [7, 11) is 0. The summed E-state index contributed by atoms with van der Waals surface area (Å²) in [5, 5.41) is 8.32. The second-order valence-corrected chi connectivity index (χ2v) is 6.97. The Hall–Kier alpha value is -3.23. The number of benzene rings is 1. The normalized spacial score (nSPS) is 18.8. The molecule has 1 fully saturated rings. The second kappa shape index (κ2) is 7.79. The van der Waals surface area contributed by atoms with Crippen LogP contribution in [0.4, 0.5) is 26.5 Å². The number of aryl methyl sites for hydroxylation is 1. The number of halogens is 1. The van der Waals surface area contributed by atoms with E-state index in [2.05, 4.69) is 25.9 Å². The molecule has 3 heterocycles. The van der Waals surface area contributed by atoms with Gasteiger partial charge in [0.2, 0.25) is 11.9 Å². The smallest absolute Gasteiger partial charge is 0.319 e. The third-order valence-electron chi connectivity index (χ3n) is 4.91. The predicted octanol–water partition coefficient (Wildman–Crippen LogP) is 2.29. The van der Waals surface area contributed by atoms with Gasteiger partial charge in [0, 0.05) is 37.9 Å². The number of nitrogens with zero attached hydrogens (tertiary/aromatic N) is 3. The summed E-state index contributed by atoms with van der Waals surface area (Å²) >= 11 is 0. The summed E-state index contributed by atoms with van der Waals surface area (Å²) < 4.78 is 13.9. The Morgan fingerprint density at radius 2 is 2.07 bits per heavy atom. The van der Waals surface area contributed by atoms with E-state index in [-0.39, 0.29) is 17.6 Å². The van der Waals surface area contributed by atoms with Gasteiger partial charge in [-0.05, 0) is 43.0 Å². The van der Waals surface area contributed by atoms with Crippen LogP contribution in [0.5, 0.6) is 0 Å². The number of aromatic nitrogens is 2. The van der Waals surface area contributed by atoms with E-state index in [1.807, 2.05) is 4.90 Å². The highest BCUT2D eigenvalue weighted by atomic mass is 19.1. The minimum absolute atomic E-state index is 0.0865. The van der Waals surface area contributed by atoms with Crippen molar-refractivity contribution in [2.24, 2.45) is 0 Å². The average molecular weight is 384 g/mol. The first-order valence-electron chi connectivity index (χ1n) is 9.30. The Morgan fingerprint density at radius 3 is 2.89 bits per heavy atom. The highest BCUT2D eigenvalue weighted by Crippen LogP contribution is 2.32. The van der Waals surface area contributed by atoms with E-state index < -0.39 is 11.8 Å². The standard InChI is InChI=1S/C19H21FN6O2/c20-13-9-12-4-5-16(27)25-17(12)15(10-13)24-19(28)23-14-3-1-8-26(11-14)18-21-6-2-7-22-18/h2,6-7,9-10,14H,1,3-5,8,11H2,(H,25,27)(H2,23,24,28). The third kappa shape index (κ3) is 4.03. The van der Waals surface area contributed by atoms with Crippen molar-refractivity contribution in [3.05, 3.63) is 42.0 Å². The summed E-state index contributed by atoms with van der Waals surface area (Å²) in [4.78, 5) is 34.7. The number of hydrogen-bond acceptors (Lipinski definition) is 5. The van der Waals surface area contributed by atoms with Gasteiger partial charge >= 0.3 is 6.03 Å². The molecule has 1 aromatic carbocycles. The molecule has 1 atom stereocenters. The summed E-state index contributed by atoms with van der Waals surface area (Å²) in [6.07, 6.45) is 5.86. The van der Waals surface area contributed by atoms with Crippen molar-refractivity contribution in [3.63, 3.8) is 0 Å². The topological polar surface area (TPSA) is 99.3 Å². The molecule has 0 spiro atoms. The van der Waals surface area contributed by atoms with Crippen molar-refractivity contribution in [2.75, 3.05) is 28.6 Å².